The molecule has 60 valence electrons. The molecule has 1 aromatic rings. The summed E-state index contributed by atoms with van der Waals surface area (Å²) in [6, 6.07) is 1.90. The van der Waals surface area contributed by atoms with Crippen molar-refractivity contribution in [2.75, 3.05) is 5.73 Å². The second kappa shape index (κ2) is 2.53. The SMILES string of the molecule is Cc1cc(C)c(N)c(F)c1C. The average molecular weight is 153 g/mol. The first kappa shape index (κ1) is 8.05. The van der Waals surface area contributed by atoms with Gasteiger partial charge in [-0.3, -0.25) is 0 Å². The first-order valence-electron chi connectivity index (χ1n) is 3.56. The molecule has 11 heavy (non-hydrogen) atoms. The molecule has 0 saturated carbocycles. The Kier molecular flexibility index (Phi) is 1.85. The van der Waals surface area contributed by atoms with Crippen LogP contribution in [0, 0.1) is 26.6 Å². The van der Waals surface area contributed by atoms with E-state index in [0.717, 1.165) is 11.1 Å². The molecule has 0 radical (unpaired) electrons. The molecule has 0 aromatic heterocycles. The van der Waals surface area contributed by atoms with Gasteiger partial charge in [0.1, 0.15) is 5.82 Å². The van der Waals surface area contributed by atoms with Crippen LogP contribution in [0.2, 0.25) is 0 Å². The number of rotatable bonds is 0. The van der Waals surface area contributed by atoms with Gasteiger partial charge in [-0.2, -0.15) is 0 Å². The van der Waals surface area contributed by atoms with Crippen molar-refractivity contribution in [3.63, 3.8) is 0 Å². The van der Waals surface area contributed by atoms with Crippen molar-refractivity contribution in [3.05, 3.63) is 28.6 Å². The number of hydrogen-bond acceptors (Lipinski definition) is 1. The predicted octanol–water partition coefficient (Wildman–Crippen LogP) is 2.33. The molecular weight excluding hydrogens is 141 g/mol. The molecule has 0 atom stereocenters. The van der Waals surface area contributed by atoms with Gasteiger partial charge in [0.15, 0.2) is 0 Å². The quantitative estimate of drug-likeness (QED) is 0.569. The fourth-order valence-corrected chi connectivity index (χ4v) is 1.06. The van der Waals surface area contributed by atoms with E-state index in [9.17, 15) is 4.39 Å². The van der Waals surface area contributed by atoms with Gasteiger partial charge in [0.05, 0.1) is 5.69 Å². The molecule has 0 amide bonds. The zero-order chi connectivity index (χ0) is 8.59. The van der Waals surface area contributed by atoms with Crippen molar-refractivity contribution >= 4 is 5.69 Å². The molecular formula is C9H12FN. The van der Waals surface area contributed by atoms with Crippen LogP contribution in [0.4, 0.5) is 10.1 Å². The van der Waals surface area contributed by atoms with Gasteiger partial charge in [0.25, 0.3) is 0 Å². The van der Waals surface area contributed by atoms with Crippen molar-refractivity contribution in [1.29, 1.82) is 0 Å². The van der Waals surface area contributed by atoms with Crippen LogP contribution in [-0.2, 0) is 0 Å². The third-order valence-corrected chi connectivity index (χ3v) is 2.02. The Balaban J connectivity index is 3.46. The van der Waals surface area contributed by atoms with Gasteiger partial charge in [0, 0.05) is 0 Å². The number of benzene rings is 1. The minimum Gasteiger partial charge on any atom is -0.396 e. The molecule has 0 aliphatic heterocycles. The summed E-state index contributed by atoms with van der Waals surface area (Å²) >= 11 is 0. The molecule has 1 rings (SSSR count). The fraction of sp³-hybridized carbons (Fsp3) is 0.333. The molecule has 0 aliphatic carbocycles. The predicted molar refractivity (Wildman–Crippen MR) is 45.0 cm³/mol. The number of hydrogen-bond donors (Lipinski definition) is 1. The van der Waals surface area contributed by atoms with Gasteiger partial charge in [-0.05, 0) is 37.5 Å². The van der Waals surface area contributed by atoms with E-state index in [-0.39, 0.29) is 11.5 Å². The highest BCUT2D eigenvalue weighted by molar-refractivity contribution is 5.52. The van der Waals surface area contributed by atoms with Gasteiger partial charge in [-0.1, -0.05) is 6.07 Å². The first-order chi connectivity index (χ1) is 5.04. The highest BCUT2D eigenvalue weighted by Crippen LogP contribution is 2.21. The lowest BCUT2D eigenvalue weighted by Crippen LogP contribution is -1.98. The van der Waals surface area contributed by atoms with E-state index in [0.29, 0.717) is 5.56 Å². The maximum Gasteiger partial charge on any atom is 0.149 e. The zero-order valence-electron chi connectivity index (χ0n) is 7.03. The monoisotopic (exact) mass is 153 g/mol. The van der Waals surface area contributed by atoms with Crippen molar-refractivity contribution in [3.8, 4) is 0 Å². The Morgan fingerprint density at radius 2 is 1.73 bits per heavy atom. The van der Waals surface area contributed by atoms with Crippen molar-refractivity contribution in [2.24, 2.45) is 0 Å². The van der Waals surface area contributed by atoms with E-state index in [2.05, 4.69) is 0 Å². The Labute approximate surface area is 66.0 Å². The topological polar surface area (TPSA) is 26.0 Å². The van der Waals surface area contributed by atoms with E-state index in [4.69, 9.17) is 5.73 Å². The second-order valence-electron chi connectivity index (χ2n) is 2.86. The Morgan fingerprint density at radius 3 is 2.27 bits per heavy atom. The summed E-state index contributed by atoms with van der Waals surface area (Å²) in [6.07, 6.45) is 0. The molecule has 0 heterocycles. The summed E-state index contributed by atoms with van der Waals surface area (Å²) in [5, 5.41) is 0. The molecule has 2 heteroatoms. The molecule has 0 unspecified atom stereocenters. The number of anilines is 1. The molecule has 0 saturated heterocycles. The van der Waals surface area contributed by atoms with Crippen molar-refractivity contribution < 1.29 is 4.39 Å². The molecule has 1 aromatic carbocycles. The summed E-state index contributed by atoms with van der Waals surface area (Å²) < 4.78 is 13.1. The van der Waals surface area contributed by atoms with Crippen LogP contribution in [0.25, 0.3) is 0 Å². The fourth-order valence-electron chi connectivity index (χ4n) is 1.06. The molecule has 0 spiro atoms. The number of halogens is 1. The van der Waals surface area contributed by atoms with Gasteiger partial charge < -0.3 is 5.73 Å². The van der Waals surface area contributed by atoms with E-state index in [1.165, 1.54) is 0 Å². The maximum absolute atomic E-state index is 13.1. The average Bonchev–Trinajstić information content (AvgIpc) is 1.97. The van der Waals surface area contributed by atoms with Crippen LogP contribution >= 0.6 is 0 Å². The normalized spacial score (nSPS) is 10.2. The minimum absolute atomic E-state index is 0.271. The highest BCUT2D eigenvalue weighted by Gasteiger charge is 2.06. The van der Waals surface area contributed by atoms with Crippen LogP contribution < -0.4 is 5.73 Å². The standard InChI is InChI=1S/C9H12FN/c1-5-4-6(2)9(11)8(10)7(5)3/h4H,11H2,1-3H3. The van der Waals surface area contributed by atoms with Crippen LogP contribution in [0.3, 0.4) is 0 Å². The number of aryl methyl sites for hydroxylation is 2. The highest BCUT2D eigenvalue weighted by atomic mass is 19.1. The largest absolute Gasteiger partial charge is 0.396 e. The molecule has 0 bridgehead atoms. The summed E-state index contributed by atoms with van der Waals surface area (Å²) in [4.78, 5) is 0. The lowest BCUT2D eigenvalue weighted by molar-refractivity contribution is 0.620. The van der Waals surface area contributed by atoms with E-state index in [1.54, 1.807) is 6.92 Å². The Hall–Kier alpha value is -1.05. The summed E-state index contributed by atoms with van der Waals surface area (Å²) in [5.41, 5.74) is 8.16. The lowest BCUT2D eigenvalue weighted by atomic mass is 10.0. The van der Waals surface area contributed by atoms with Crippen LogP contribution in [0.5, 0.6) is 0 Å². The van der Waals surface area contributed by atoms with E-state index < -0.39 is 0 Å². The van der Waals surface area contributed by atoms with Gasteiger partial charge in [-0.15, -0.1) is 0 Å². The van der Waals surface area contributed by atoms with E-state index in [1.807, 2.05) is 19.9 Å². The third-order valence-electron chi connectivity index (χ3n) is 2.02. The molecule has 2 N–H and O–H groups in total. The second-order valence-corrected chi connectivity index (χ2v) is 2.86. The van der Waals surface area contributed by atoms with Gasteiger partial charge in [-0.25, -0.2) is 4.39 Å². The first-order valence-corrected chi connectivity index (χ1v) is 3.56. The van der Waals surface area contributed by atoms with Crippen LogP contribution in [0.1, 0.15) is 16.7 Å². The Bertz CT molecular complexity index is 266. The van der Waals surface area contributed by atoms with Crippen LogP contribution in [0.15, 0.2) is 6.07 Å². The number of nitrogen functional groups attached to an aromatic ring is 1. The Morgan fingerprint density at radius 1 is 1.18 bits per heavy atom. The molecule has 0 aliphatic rings. The van der Waals surface area contributed by atoms with E-state index >= 15 is 0 Å². The maximum atomic E-state index is 13.1. The summed E-state index contributed by atoms with van der Waals surface area (Å²) in [6.45, 7) is 5.43. The van der Waals surface area contributed by atoms with Gasteiger partial charge in [0.2, 0.25) is 0 Å². The third kappa shape index (κ3) is 1.20. The molecule has 0 fully saturated rings. The summed E-state index contributed by atoms with van der Waals surface area (Å²) in [7, 11) is 0. The molecule has 1 nitrogen and oxygen atoms in total. The van der Waals surface area contributed by atoms with Crippen molar-refractivity contribution in [2.45, 2.75) is 20.8 Å². The van der Waals surface area contributed by atoms with Crippen molar-refractivity contribution in [1.82, 2.24) is 0 Å². The van der Waals surface area contributed by atoms with Gasteiger partial charge >= 0.3 is 0 Å². The lowest BCUT2D eigenvalue weighted by Gasteiger charge is -2.07. The smallest absolute Gasteiger partial charge is 0.149 e. The summed E-state index contributed by atoms with van der Waals surface area (Å²) in [5.74, 6) is -0.275. The zero-order valence-corrected chi connectivity index (χ0v) is 7.03. The van der Waals surface area contributed by atoms with Crippen LogP contribution in [-0.4, -0.2) is 0 Å². The minimum atomic E-state index is -0.275. The number of nitrogens with two attached hydrogens (primary N) is 1.